The second kappa shape index (κ2) is 5.67. The summed E-state index contributed by atoms with van der Waals surface area (Å²) in [5.74, 6) is 0. The molecule has 0 bridgehead atoms. The van der Waals surface area contributed by atoms with Gasteiger partial charge in [-0.1, -0.05) is 11.6 Å². The molecule has 0 aliphatic rings. The molecule has 0 amide bonds. The minimum absolute atomic E-state index is 0.848. The number of rotatable bonds is 5. The third-order valence-electron chi connectivity index (χ3n) is 2.53. The first-order valence-electron chi connectivity index (χ1n) is 5.61. The van der Waals surface area contributed by atoms with E-state index in [1.807, 2.05) is 17.7 Å². The van der Waals surface area contributed by atoms with E-state index in [1.54, 1.807) is 11.3 Å². The predicted molar refractivity (Wildman–Crippen MR) is 72.7 cm³/mol. The minimum Gasteiger partial charge on any atom is -0.310 e. The molecule has 3 nitrogen and oxygen atoms in total. The topological polar surface area (TPSA) is 29.9 Å². The van der Waals surface area contributed by atoms with Crippen LogP contribution in [-0.2, 0) is 13.1 Å². The van der Waals surface area contributed by atoms with Crippen molar-refractivity contribution in [2.24, 2.45) is 0 Å². The number of aromatic nitrogens is 2. The monoisotopic (exact) mass is 269 g/mol. The summed E-state index contributed by atoms with van der Waals surface area (Å²) >= 11 is 7.49. The Morgan fingerprint density at radius 1 is 1.41 bits per heavy atom. The summed E-state index contributed by atoms with van der Waals surface area (Å²) in [6, 6.07) is 6.09. The van der Waals surface area contributed by atoms with Gasteiger partial charge in [0, 0.05) is 23.7 Å². The molecule has 17 heavy (non-hydrogen) atoms. The van der Waals surface area contributed by atoms with E-state index in [0.717, 1.165) is 29.7 Å². The number of thiophene rings is 1. The van der Waals surface area contributed by atoms with Crippen molar-refractivity contribution >= 4 is 22.9 Å². The highest BCUT2D eigenvalue weighted by molar-refractivity contribution is 7.16. The van der Waals surface area contributed by atoms with Crippen molar-refractivity contribution in [1.82, 2.24) is 15.1 Å². The molecule has 0 atom stereocenters. The SMILES string of the molecule is Cc1cc(C)n(CCNCc2ccc(Cl)s2)n1. The van der Waals surface area contributed by atoms with Gasteiger partial charge in [-0.25, -0.2) is 0 Å². The van der Waals surface area contributed by atoms with Crippen molar-refractivity contribution in [3.8, 4) is 0 Å². The number of hydrogen-bond acceptors (Lipinski definition) is 3. The summed E-state index contributed by atoms with van der Waals surface area (Å²) in [4.78, 5) is 1.27. The molecule has 0 unspecified atom stereocenters. The Bertz CT molecular complexity index is 490. The van der Waals surface area contributed by atoms with Gasteiger partial charge in [-0.3, -0.25) is 4.68 Å². The Labute approximate surface area is 110 Å². The van der Waals surface area contributed by atoms with Crippen molar-refractivity contribution in [2.75, 3.05) is 6.54 Å². The first-order chi connectivity index (χ1) is 8.15. The second-order valence-corrected chi connectivity index (χ2v) is 5.83. The Balaban J connectivity index is 1.75. The van der Waals surface area contributed by atoms with Crippen LogP contribution < -0.4 is 5.32 Å². The van der Waals surface area contributed by atoms with Gasteiger partial charge in [0.15, 0.2) is 0 Å². The molecule has 5 heteroatoms. The maximum Gasteiger partial charge on any atom is 0.0931 e. The average Bonchev–Trinajstić information content (AvgIpc) is 2.81. The molecule has 0 aliphatic heterocycles. The van der Waals surface area contributed by atoms with Crippen LogP contribution in [0.3, 0.4) is 0 Å². The maximum absolute atomic E-state index is 5.87. The Kier molecular flexibility index (Phi) is 4.20. The third-order valence-corrected chi connectivity index (χ3v) is 3.76. The van der Waals surface area contributed by atoms with E-state index in [4.69, 9.17) is 11.6 Å². The van der Waals surface area contributed by atoms with Crippen LogP contribution in [0.2, 0.25) is 4.34 Å². The first kappa shape index (κ1) is 12.6. The van der Waals surface area contributed by atoms with E-state index in [1.165, 1.54) is 10.6 Å². The van der Waals surface area contributed by atoms with Crippen molar-refractivity contribution in [2.45, 2.75) is 26.9 Å². The van der Waals surface area contributed by atoms with Crippen molar-refractivity contribution in [1.29, 1.82) is 0 Å². The lowest BCUT2D eigenvalue weighted by molar-refractivity contribution is 0.544. The van der Waals surface area contributed by atoms with Crippen LogP contribution in [-0.4, -0.2) is 16.3 Å². The van der Waals surface area contributed by atoms with E-state index >= 15 is 0 Å². The number of nitrogens with one attached hydrogen (secondary N) is 1. The molecule has 0 fully saturated rings. The average molecular weight is 270 g/mol. The molecule has 2 aromatic heterocycles. The molecule has 0 saturated heterocycles. The zero-order valence-corrected chi connectivity index (χ0v) is 11.6. The first-order valence-corrected chi connectivity index (χ1v) is 6.80. The zero-order valence-electron chi connectivity index (χ0n) is 10.0. The van der Waals surface area contributed by atoms with Gasteiger partial charge in [-0.05, 0) is 32.0 Å². The van der Waals surface area contributed by atoms with Crippen molar-refractivity contribution < 1.29 is 0 Å². The fourth-order valence-electron chi connectivity index (χ4n) is 1.74. The molecule has 0 radical (unpaired) electrons. The number of nitrogens with zero attached hydrogens (tertiary/aromatic N) is 2. The molecule has 92 valence electrons. The van der Waals surface area contributed by atoms with E-state index in [-0.39, 0.29) is 0 Å². The van der Waals surface area contributed by atoms with Crippen LogP contribution in [0.15, 0.2) is 18.2 Å². The predicted octanol–water partition coefficient (Wildman–Crippen LogP) is 3.00. The van der Waals surface area contributed by atoms with Crippen molar-refractivity contribution in [3.05, 3.63) is 38.8 Å². The van der Waals surface area contributed by atoms with Gasteiger partial charge in [0.1, 0.15) is 0 Å². The lowest BCUT2D eigenvalue weighted by Crippen LogP contribution is -2.20. The van der Waals surface area contributed by atoms with Gasteiger partial charge < -0.3 is 5.32 Å². The number of halogens is 1. The largest absolute Gasteiger partial charge is 0.310 e. The van der Waals surface area contributed by atoms with Crippen LogP contribution in [0, 0.1) is 13.8 Å². The van der Waals surface area contributed by atoms with E-state index in [0.29, 0.717) is 0 Å². The van der Waals surface area contributed by atoms with Gasteiger partial charge in [-0.15, -0.1) is 11.3 Å². The van der Waals surface area contributed by atoms with Gasteiger partial charge in [0.25, 0.3) is 0 Å². The Hall–Kier alpha value is -0.840. The maximum atomic E-state index is 5.87. The zero-order chi connectivity index (χ0) is 12.3. The smallest absolute Gasteiger partial charge is 0.0931 e. The van der Waals surface area contributed by atoms with E-state index in [9.17, 15) is 0 Å². The Morgan fingerprint density at radius 2 is 2.24 bits per heavy atom. The van der Waals surface area contributed by atoms with E-state index < -0.39 is 0 Å². The summed E-state index contributed by atoms with van der Waals surface area (Å²) in [6.07, 6.45) is 0. The highest BCUT2D eigenvalue weighted by Crippen LogP contribution is 2.20. The van der Waals surface area contributed by atoms with Crippen LogP contribution >= 0.6 is 22.9 Å². The normalized spacial score (nSPS) is 11.0. The molecule has 0 saturated carbocycles. The highest BCUT2D eigenvalue weighted by atomic mass is 35.5. The molecule has 0 spiro atoms. The molecule has 2 heterocycles. The molecule has 2 aromatic rings. The minimum atomic E-state index is 0.848. The van der Waals surface area contributed by atoms with Gasteiger partial charge in [0.05, 0.1) is 16.6 Å². The van der Waals surface area contributed by atoms with Crippen LogP contribution in [0.5, 0.6) is 0 Å². The molecule has 0 aliphatic carbocycles. The summed E-state index contributed by atoms with van der Waals surface area (Å²) in [6.45, 7) is 6.79. The summed E-state index contributed by atoms with van der Waals surface area (Å²) in [5, 5.41) is 7.81. The van der Waals surface area contributed by atoms with Crippen LogP contribution in [0.4, 0.5) is 0 Å². The standard InChI is InChI=1S/C12H16ClN3S/c1-9-7-10(2)16(15-9)6-5-14-8-11-3-4-12(13)17-11/h3-4,7,14H,5-6,8H2,1-2H3. The fraction of sp³-hybridized carbons (Fsp3) is 0.417. The van der Waals surface area contributed by atoms with Gasteiger partial charge in [-0.2, -0.15) is 5.10 Å². The van der Waals surface area contributed by atoms with Crippen molar-refractivity contribution in [3.63, 3.8) is 0 Å². The lowest BCUT2D eigenvalue weighted by Gasteiger charge is -2.05. The molecular weight excluding hydrogens is 254 g/mol. The van der Waals surface area contributed by atoms with Crippen LogP contribution in [0.25, 0.3) is 0 Å². The summed E-state index contributed by atoms with van der Waals surface area (Å²) in [7, 11) is 0. The van der Waals surface area contributed by atoms with Crippen LogP contribution in [0.1, 0.15) is 16.3 Å². The molecule has 1 N–H and O–H groups in total. The number of aryl methyl sites for hydroxylation is 2. The molecule has 0 aromatic carbocycles. The summed E-state index contributed by atoms with van der Waals surface area (Å²) in [5.41, 5.74) is 2.29. The lowest BCUT2D eigenvalue weighted by atomic mass is 10.4. The quantitative estimate of drug-likeness (QED) is 0.846. The summed E-state index contributed by atoms with van der Waals surface area (Å²) < 4.78 is 2.88. The number of hydrogen-bond donors (Lipinski definition) is 1. The third kappa shape index (κ3) is 3.56. The van der Waals surface area contributed by atoms with Gasteiger partial charge >= 0.3 is 0 Å². The molecular formula is C12H16ClN3S. The fourth-order valence-corrected chi connectivity index (χ4v) is 2.80. The highest BCUT2D eigenvalue weighted by Gasteiger charge is 2.00. The van der Waals surface area contributed by atoms with E-state index in [2.05, 4.69) is 29.5 Å². The molecule has 2 rings (SSSR count). The van der Waals surface area contributed by atoms with Gasteiger partial charge in [0.2, 0.25) is 0 Å². The Morgan fingerprint density at radius 3 is 2.82 bits per heavy atom. The second-order valence-electron chi connectivity index (χ2n) is 4.03.